The predicted molar refractivity (Wildman–Crippen MR) is 99.6 cm³/mol. The van der Waals surface area contributed by atoms with Crippen molar-refractivity contribution in [2.45, 2.75) is 6.92 Å². The second-order valence-electron chi connectivity index (χ2n) is 5.87. The molecule has 0 radical (unpaired) electrons. The minimum atomic E-state index is -0.335. The van der Waals surface area contributed by atoms with Crippen LogP contribution in [0.2, 0.25) is 0 Å². The third-order valence-corrected chi connectivity index (χ3v) is 4.11. The van der Waals surface area contributed by atoms with Gasteiger partial charge in [-0.1, -0.05) is 24.8 Å². The average Bonchev–Trinajstić information content (AvgIpc) is 2.88. The van der Waals surface area contributed by atoms with E-state index < -0.39 is 0 Å². The van der Waals surface area contributed by atoms with Gasteiger partial charge in [0.25, 0.3) is 11.8 Å². The Balaban J connectivity index is 1.64. The highest BCUT2D eigenvalue weighted by molar-refractivity contribution is 6.11. The fourth-order valence-electron chi connectivity index (χ4n) is 2.81. The lowest BCUT2D eigenvalue weighted by atomic mass is 10.1. The van der Waals surface area contributed by atoms with E-state index in [2.05, 4.69) is 17.2 Å². The van der Waals surface area contributed by atoms with Gasteiger partial charge in [0.1, 0.15) is 6.54 Å². The van der Waals surface area contributed by atoms with Crippen molar-refractivity contribution in [2.24, 2.45) is 0 Å². The summed E-state index contributed by atoms with van der Waals surface area (Å²) in [6.45, 7) is 6.19. The van der Waals surface area contributed by atoms with E-state index in [1.165, 1.54) is 4.90 Å². The minimum Gasteiger partial charge on any atom is -0.352 e. The van der Waals surface area contributed by atoms with E-state index in [-0.39, 0.29) is 24.3 Å². The fourth-order valence-corrected chi connectivity index (χ4v) is 2.81. The SMILES string of the molecule is C=C1c2ccccc2C(=O)N1CC(=O)Nc1ccc(C(=O)NCC)cc1. The number of carbonyl (C=O) groups excluding carboxylic acids is 3. The number of carbonyl (C=O) groups is 3. The molecule has 3 rings (SSSR count). The monoisotopic (exact) mass is 349 g/mol. The molecule has 1 heterocycles. The summed E-state index contributed by atoms with van der Waals surface area (Å²) in [7, 11) is 0. The highest BCUT2D eigenvalue weighted by atomic mass is 16.2. The lowest BCUT2D eigenvalue weighted by molar-refractivity contribution is -0.116. The van der Waals surface area contributed by atoms with Crippen molar-refractivity contribution in [3.63, 3.8) is 0 Å². The van der Waals surface area contributed by atoms with Gasteiger partial charge in [0.15, 0.2) is 0 Å². The van der Waals surface area contributed by atoms with Crippen LogP contribution in [0.15, 0.2) is 55.1 Å². The van der Waals surface area contributed by atoms with Crippen LogP contribution >= 0.6 is 0 Å². The molecule has 0 aliphatic carbocycles. The Kier molecular flexibility index (Phi) is 4.84. The largest absolute Gasteiger partial charge is 0.352 e. The molecule has 0 saturated heterocycles. The summed E-state index contributed by atoms with van der Waals surface area (Å²) in [5.74, 6) is -0.729. The van der Waals surface area contributed by atoms with Crippen molar-refractivity contribution in [3.05, 3.63) is 71.8 Å². The van der Waals surface area contributed by atoms with Gasteiger partial charge in [-0.25, -0.2) is 0 Å². The Hall–Kier alpha value is -3.41. The smallest absolute Gasteiger partial charge is 0.259 e. The Morgan fingerprint density at radius 1 is 1.04 bits per heavy atom. The highest BCUT2D eigenvalue weighted by Gasteiger charge is 2.31. The number of nitrogens with one attached hydrogen (secondary N) is 2. The molecule has 2 aromatic rings. The zero-order chi connectivity index (χ0) is 18.7. The zero-order valence-corrected chi connectivity index (χ0v) is 14.4. The molecule has 0 unspecified atom stereocenters. The lowest BCUT2D eigenvalue weighted by Crippen LogP contribution is -2.32. The van der Waals surface area contributed by atoms with Crippen molar-refractivity contribution in [1.82, 2.24) is 10.2 Å². The van der Waals surface area contributed by atoms with Crippen LogP contribution in [0, 0.1) is 0 Å². The molecule has 0 spiro atoms. The van der Waals surface area contributed by atoms with Crippen LogP contribution in [-0.2, 0) is 4.79 Å². The first kappa shape index (κ1) is 17.4. The van der Waals surface area contributed by atoms with Gasteiger partial charge in [0, 0.05) is 34.6 Å². The first-order valence-corrected chi connectivity index (χ1v) is 8.29. The van der Waals surface area contributed by atoms with E-state index in [0.717, 1.165) is 5.56 Å². The Bertz CT molecular complexity index is 852. The molecule has 0 saturated carbocycles. The van der Waals surface area contributed by atoms with E-state index in [4.69, 9.17) is 0 Å². The normalized spacial score (nSPS) is 12.7. The van der Waals surface area contributed by atoms with Gasteiger partial charge < -0.3 is 10.6 Å². The Labute approximate surface area is 151 Å². The number of nitrogens with zero attached hydrogens (tertiary/aromatic N) is 1. The number of anilines is 1. The maximum absolute atomic E-state index is 12.4. The van der Waals surface area contributed by atoms with Crippen LogP contribution in [0.25, 0.3) is 5.70 Å². The molecule has 1 aliphatic heterocycles. The molecule has 26 heavy (non-hydrogen) atoms. The van der Waals surface area contributed by atoms with E-state index in [1.54, 1.807) is 36.4 Å². The van der Waals surface area contributed by atoms with Gasteiger partial charge in [-0.3, -0.25) is 19.3 Å². The summed E-state index contributed by atoms with van der Waals surface area (Å²) < 4.78 is 0. The lowest BCUT2D eigenvalue weighted by Gasteiger charge is -2.17. The number of amides is 3. The van der Waals surface area contributed by atoms with Gasteiger partial charge >= 0.3 is 0 Å². The minimum absolute atomic E-state index is 0.121. The summed E-state index contributed by atoms with van der Waals surface area (Å²) in [6, 6.07) is 13.7. The second-order valence-corrected chi connectivity index (χ2v) is 5.87. The molecule has 0 bridgehead atoms. The fraction of sp³-hybridized carbons (Fsp3) is 0.150. The van der Waals surface area contributed by atoms with Crippen molar-refractivity contribution >= 4 is 29.1 Å². The third-order valence-electron chi connectivity index (χ3n) is 4.11. The molecular weight excluding hydrogens is 330 g/mol. The van der Waals surface area contributed by atoms with Crippen LogP contribution in [0.5, 0.6) is 0 Å². The van der Waals surface area contributed by atoms with Crippen LogP contribution in [0.4, 0.5) is 5.69 Å². The zero-order valence-electron chi connectivity index (χ0n) is 14.4. The molecule has 132 valence electrons. The van der Waals surface area contributed by atoms with Crippen LogP contribution < -0.4 is 10.6 Å². The third kappa shape index (κ3) is 3.35. The molecule has 0 atom stereocenters. The van der Waals surface area contributed by atoms with Crippen molar-refractivity contribution in [1.29, 1.82) is 0 Å². The number of fused-ring (bicyclic) bond motifs is 1. The Morgan fingerprint density at radius 3 is 2.31 bits per heavy atom. The summed E-state index contributed by atoms with van der Waals surface area (Å²) in [5.41, 5.74) is 2.89. The molecule has 6 heteroatoms. The van der Waals surface area contributed by atoms with Gasteiger partial charge in [-0.2, -0.15) is 0 Å². The summed E-state index contributed by atoms with van der Waals surface area (Å²) >= 11 is 0. The predicted octanol–water partition coefficient (Wildman–Crippen LogP) is 2.50. The summed E-state index contributed by atoms with van der Waals surface area (Å²) in [6.07, 6.45) is 0. The molecule has 1 aliphatic rings. The van der Waals surface area contributed by atoms with Crippen molar-refractivity contribution in [2.75, 3.05) is 18.4 Å². The Morgan fingerprint density at radius 2 is 1.69 bits per heavy atom. The quantitative estimate of drug-likeness (QED) is 0.870. The van der Waals surface area contributed by atoms with E-state index in [9.17, 15) is 14.4 Å². The average molecular weight is 349 g/mol. The molecule has 0 fully saturated rings. The van der Waals surface area contributed by atoms with Gasteiger partial charge in [-0.05, 0) is 37.3 Å². The molecule has 2 N–H and O–H groups in total. The second kappa shape index (κ2) is 7.23. The summed E-state index contributed by atoms with van der Waals surface area (Å²) in [5, 5.41) is 5.44. The molecular formula is C20H19N3O3. The maximum atomic E-state index is 12.4. The van der Waals surface area contributed by atoms with Crippen LogP contribution in [0.1, 0.15) is 33.2 Å². The molecule has 2 aromatic carbocycles. The highest BCUT2D eigenvalue weighted by Crippen LogP contribution is 2.30. The standard InChI is InChI=1S/C20H19N3O3/c1-3-21-19(25)14-8-10-15(11-9-14)22-18(24)12-23-13(2)16-6-4-5-7-17(16)20(23)26/h4-11H,2-3,12H2,1H3,(H,21,25)(H,22,24). The van der Waals surface area contributed by atoms with Gasteiger partial charge in [-0.15, -0.1) is 0 Å². The number of benzene rings is 2. The first-order valence-electron chi connectivity index (χ1n) is 8.29. The number of hydrogen-bond acceptors (Lipinski definition) is 3. The van der Waals surface area contributed by atoms with E-state index >= 15 is 0 Å². The van der Waals surface area contributed by atoms with Crippen molar-refractivity contribution in [3.8, 4) is 0 Å². The van der Waals surface area contributed by atoms with Gasteiger partial charge in [0.2, 0.25) is 5.91 Å². The number of hydrogen-bond donors (Lipinski definition) is 2. The molecule has 3 amide bonds. The van der Waals surface area contributed by atoms with Crippen LogP contribution in [0.3, 0.4) is 0 Å². The van der Waals surface area contributed by atoms with Gasteiger partial charge in [0.05, 0.1) is 0 Å². The molecule has 6 nitrogen and oxygen atoms in total. The van der Waals surface area contributed by atoms with E-state index in [1.807, 2.05) is 19.1 Å². The maximum Gasteiger partial charge on any atom is 0.259 e. The topological polar surface area (TPSA) is 78.5 Å². The summed E-state index contributed by atoms with van der Waals surface area (Å²) in [4.78, 5) is 37.8. The van der Waals surface area contributed by atoms with Crippen molar-refractivity contribution < 1.29 is 14.4 Å². The van der Waals surface area contributed by atoms with Crippen LogP contribution in [-0.4, -0.2) is 35.7 Å². The first-order chi connectivity index (χ1) is 12.5. The number of rotatable bonds is 5. The van der Waals surface area contributed by atoms with E-state index in [0.29, 0.717) is 29.1 Å². The molecule has 0 aromatic heterocycles.